The summed E-state index contributed by atoms with van der Waals surface area (Å²) in [7, 11) is 0. The first-order valence-electron chi connectivity index (χ1n) is 6.10. The van der Waals surface area contributed by atoms with Gasteiger partial charge in [0.05, 0.1) is 6.54 Å². The number of carbonyl (C=O) groups is 2. The number of aliphatic carboxylic acids is 1. The van der Waals surface area contributed by atoms with Gasteiger partial charge in [0.2, 0.25) is 0 Å². The maximum absolute atomic E-state index is 12.1. The minimum absolute atomic E-state index is 0.266. The highest BCUT2D eigenvalue weighted by Gasteiger charge is 2.40. The number of carboxylic acids is 1. The quantitative estimate of drug-likeness (QED) is 0.845. The molecule has 0 bridgehead atoms. The summed E-state index contributed by atoms with van der Waals surface area (Å²) in [5, 5.41) is 9.33. The average Bonchev–Trinajstić information content (AvgIpc) is 2.65. The molecule has 1 amide bonds. The molecule has 0 unspecified atom stereocenters. The Morgan fingerprint density at radius 1 is 1.32 bits per heavy atom. The van der Waals surface area contributed by atoms with E-state index < -0.39 is 23.7 Å². The van der Waals surface area contributed by atoms with Crippen LogP contribution in [0.4, 0.5) is 4.79 Å². The third kappa shape index (κ3) is 2.70. The predicted octanol–water partition coefficient (Wildman–Crippen LogP) is 2.56. The topological polar surface area (TPSA) is 66.8 Å². The van der Waals surface area contributed by atoms with Crippen molar-refractivity contribution in [1.29, 1.82) is 0 Å². The molecule has 0 radical (unpaired) electrons. The summed E-state index contributed by atoms with van der Waals surface area (Å²) in [6, 6.07) is 6.20. The third-order valence-electron chi connectivity index (χ3n) is 2.86. The van der Waals surface area contributed by atoms with Crippen molar-refractivity contribution >= 4 is 12.1 Å². The molecule has 1 aromatic carbocycles. The number of ether oxygens (including phenoxy) is 1. The maximum Gasteiger partial charge on any atom is 0.411 e. The van der Waals surface area contributed by atoms with Crippen LogP contribution in [0, 0.1) is 0 Å². The Bertz CT molecular complexity index is 518. The van der Waals surface area contributed by atoms with E-state index in [2.05, 4.69) is 0 Å². The zero-order valence-corrected chi connectivity index (χ0v) is 11.2. The summed E-state index contributed by atoms with van der Waals surface area (Å²) in [5.41, 5.74) is 0.858. The molecule has 1 aliphatic heterocycles. The first-order valence-corrected chi connectivity index (χ1v) is 6.10. The first kappa shape index (κ1) is 13.4. The highest BCUT2D eigenvalue weighted by Crippen LogP contribution is 2.34. The zero-order chi connectivity index (χ0) is 14.2. The summed E-state index contributed by atoms with van der Waals surface area (Å²) in [5.74, 6) is -1.05. The fourth-order valence-electron chi connectivity index (χ4n) is 2.14. The second kappa shape index (κ2) is 4.57. The van der Waals surface area contributed by atoms with Gasteiger partial charge in [-0.05, 0) is 31.9 Å². The van der Waals surface area contributed by atoms with Crippen LogP contribution in [0.25, 0.3) is 0 Å². The van der Waals surface area contributed by atoms with Crippen LogP contribution in [0.15, 0.2) is 24.3 Å². The lowest BCUT2D eigenvalue weighted by molar-refractivity contribution is -0.143. The molecule has 1 heterocycles. The van der Waals surface area contributed by atoms with E-state index in [1.807, 2.05) is 12.1 Å². The van der Waals surface area contributed by atoms with Gasteiger partial charge in [-0.15, -0.1) is 0 Å². The molecular formula is C14H17NO4. The van der Waals surface area contributed by atoms with Crippen molar-refractivity contribution in [1.82, 2.24) is 4.90 Å². The minimum atomic E-state index is -1.05. The molecule has 19 heavy (non-hydrogen) atoms. The van der Waals surface area contributed by atoms with Gasteiger partial charge in [-0.25, -0.2) is 9.59 Å². The Labute approximate surface area is 111 Å². The molecule has 1 atom stereocenters. The van der Waals surface area contributed by atoms with E-state index in [9.17, 15) is 14.7 Å². The van der Waals surface area contributed by atoms with Crippen LogP contribution in [-0.4, -0.2) is 27.7 Å². The molecular weight excluding hydrogens is 246 g/mol. The summed E-state index contributed by atoms with van der Waals surface area (Å²) in [6.45, 7) is 5.53. The van der Waals surface area contributed by atoms with Crippen molar-refractivity contribution in [3.05, 3.63) is 35.4 Å². The lowest BCUT2D eigenvalue weighted by Crippen LogP contribution is -2.38. The Morgan fingerprint density at radius 2 is 1.95 bits per heavy atom. The lowest BCUT2D eigenvalue weighted by Gasteiger charge is -2.27. The second-order valence-electron chi connectivity index (χ2n) is 5.55. The largest absolute Gasteiger partial charge is 0.479 e. The number of amides is 1. The fourth-order valence-corrected chi connectivity index (χ4v) is 2.14. The van der Waals surface area contributed by atoms with Gasteiger partial charge in [0, 0.05) is 0 Å². The summed E-state index contributed by atoms with van der Waals surface area (Å²) < 4.78 is 5.26. The summed E-state index contributed by atoms with van der Waals surface area (Å²) in [6.07, 6.45) is -0.601. The van der Waals surface area contributed by atoms with Crippen LogP contribution in [-0.2, 0) is 16.1 Å². The Balaban J connectivity index is 2.29. The first-order chi connectivity index (χ1) is 8.79. The minimum Gasteiger partial charge on any atom is -0.479 e. The van der Waals surface area contributed by atoms with Crippen LogP contribution in [0.5, 0.6) is 0 Å². The molecule has 1 aromatic rings. The Morgan fingerprint density at radius 3 is 2.53 bits per heavy atom. The standard InChI is InChI=1S/C14H17NO4/c1-14(2,3)19-13(18)15-8-9-6-4-5-7-10(9)11(15)12(16)17/h4-7,11H,8H2,1-3H3,(H,16,17)/t11-/m1/s1. The number of carbonyl (C=O) groups excluding carboxylic acids is 1. The predicted molar refractivity (Wildman–Crippen MR) is 68.6 cm³/mol. The molecule has 0 saturated carbocycles. The molecule has 0 aliphatic carbocycles. The highest BCUT2D eigenvalue weighted by atomic mass is 16.6. The zero-order valence-electron chi connectivity index (χ0n) is 11.2. The molecule has 1 aliphatic rings. The number of fused-ring (bicyclic) bond motifs is 1. The van der Waals surface area contributed by atoms with Crippen LogP contribution < -0.4 is 0 Å². The van der Waals surface area contributed by atoms with Crippen molar-refractivity contribution in [3.8, 4) is 0 Å². The third-order valence-corrected chi connectivity index (χ3v) is 2.86. The van der Waals surface area contributed by atoms with Crippen molar-refractivity contribution < 1.29 is 19.4 Å². The van der Waals surface area contributed by atoms with Gasteiger partial charge in [0.1, 0.15) is 5.60 Å². The molecule has 5 nitrogen and oxygen atoms in total. The van der Waals surface area contributed by atoms with Crippen molar-refractivity contribution in [2.45, 2.75) is 39.0 Å². The molecule has 0 saturated heterocycles. The molecule has 0 spiro atoms. The van der Waals surface area contributed by atoms with E-state index in [0.29, 0.717) is 5.56 Å². The molecule has 5 heteroatoms. The SMILES string of the molecule is CC(C)(C)OC(=O)N1Cc2ccccc2[C@@H]1C(=O)O. The normalized spacial score (nSPS) is 18.1. The number of hydrogen-bond donors (Lipinski definition) is 1. The number of hydrogen-bond acceptors (Lipinski definition) is 3. The lowest BCUT2D eigenvalue weighted by atomic mass is 10.1. The van der Waals surface area contributed by atoms with Gasteiger partial charge in [-0.3, -0.25) is 4.90 Å². The molecule has 2 rings (SSSR count). The summed E-state index contributed by atoms with van der Waals surface area (Å²) >= 11 is 0. The second-order valence-corrected chi connectivity index (χ2v) is 5.55. The average molecular weight is 263 g/mol. The Hall–Kier alpha value is -2.04. The van der Waals surface area contributed by atoms with Crippen LogP contribution in [0.1, 0.15) is 37.9 Å². The molecule has 102 valence electrons. The van der Waals surface area contributed by atoms with Crippen LogP contribution in [0.3, 0.4) is 0 Å². The van der Waals surface area contributed by atoms with Gasteiger partial charge < -0.3 is 9.84 Å². The van der Waals surface area contributed by atoms with Gasteiger partial charge in [-0.2, -0.15) is 0 Å². The maximum atomic E-state index is 12.1. The number of benzene rings is 1. The van der Waals surface area contributed by atoms with Crippen LogP contribution >= 0.6 is 0 Å². The van der Waals surface area contributed by atoms with Crippen molar-refractivity contribution in [3.63, 3.8) is 0 Å². The van der Waals surface area contributed by atoms with Crippen LogP contribution in [0.2, 0.25) is 0 Å². The van der Waals surface area contributed by atoms with Gasteiger partial charge >= 0.3 is 12.1 Å². The van der Waals surface area contributed by atoms with Gasteiger partial charge in [0.25, 0.3) is 0 Å². The summed E-state index contributed by atoms with van der Waals surface area (Å²) in [4.78, 5) is 24.7. The van der Waals surface area contributed by atoms with E-state index in [-0.39, 0.29) is 6.54 Å². The van der Waals surface area contributed by atoms with Gasteiger partial charge in [-0.1, -0.05) is 24.3 Å². The Kier molecular flexibility index (Phi) is 3.22. The molecule has 0 fully saturated rings. The molecule has 0 aromatic heterocycles. The van der Waals surface area contributed by atoms with E-state index in [1.54, 1.807) is 32.9 Å². The van der Waals surface area contributed by atoms with E-state index in [1.165, 1.54) is 4.90 Å². The number of rotatable bonds is 1. The van der Waals surface area contributed by atoms with Crippen molar-refractivity contribution in [2.75, 3.05) is 0 Å². The number of nitrogens with zero attached hydrogens (tertiary/aromatic N) is 1. The number of carboxylic acid groups (broad SMARTS) is 1. The molecule has 1 N–H and O–H groups in total. The van der Waals surface area contributed by atoms with E-state index >= 15 is 0 Å². The van der Waals surface area contributed by atoms with Crippen molar-refractivity contribution in [2.24, 2.45) is 0 Å². The fraction of sp³-hybridized carbons (Fsp3) is 0.429. The smallest absolute Gasteiger partial charge is 0.411 e. The van der Waals surface area contributed by atoms with E-state index in [0.717, 1.165) is 5.56 Å². The van der Waals surface area contributed by atoms with E-state index in [4.69, 9.17) is 4.74 Å². The van der Waals surface area contributed by atoms with Gasteiger partial charge in [0.15, 0.2) is 6.04 Å². The monoisotopic (exact) mass is 263 g/mol. The highest BCUT2D eigenvalue weighted by molar-refractivity contribution is 5.83.